The molecule has 0 saturated heterocycles. The van der Waals surface area contributed by atoms with E-state index in [2.05, 4.69) is 16.4 Å². The Hall–Kier alpha value is -0.790. The number of nitrogens with zero attached hydrogens (tertiary/aromatic N) is 1. The standard InChI is InChI=1S/C8H12N2/c1-2-4-8-7(3-1)9-5-6-10-8/h3,6,8-9H,1-2,4-5H2. The van der Waals surface area contributed by atoms with E-state index < -0.39 is 0 Å². The lowest BCUT2D eigenvalue weighted by atomic mass is 9.99. The highest BCUT2D eigenvalue weighted by atomic mass is 15.0. The van der Waals surface area contributed by atoms with Gasteiger partial charge in [-0.25, -0.2) is 0 Å². The van der Waals surface area contributed by atoms with E-state index in [1.165, 1.54) is 25.0 Å². The van der Waals surface area contributed by atoms with Crippen molar-refractivity contribution in [1.82, 2.24) is 5.32 Å². The number of hydrogen-bond donors (Lipinski definition) is 1. The lowest BCUT2D eigenvalue weighted by Gasteiger charge is -2.24. The number of hydrogen-bond acceptors (Lipinski definition) is 2. The first-order chi connectivity index (χ1) is 4.97. The molecule has 1 aliphatic heterocycles. The number of aliphatic imine (C=N–C) groups is 1. The van der Waals surface area contributed by atoms with Crippen LogP contribution in [0.2, 0.25) is 0 Å². The Labute approximate surface area is 61.0 Å². The van der Waals surface area contributed by atoms with Gasteiger partial charge in [0.1, 0.15) is 0 Å². The summed E-state index contributed by atoms with van der Waals surface area (Å²) in [6, 6.07) is 0.475. The first-order valence-corrected chi connectivity index (χ1v) is 3.92. The average molecular weight is 136 g/mol. The van der Waals surface area contributed by atoms with Crippen LogP contribution in [0.25, 0.3) is 0 Å². The van der Waals surface area contributed by atoms with Crippen molar-refractivity contribution in [2.45, 2.75) is 25.3 Å². The van der Waals surface area contributed by atoms with Crippen molar-refractivity contribution in [2.75, 3.05) is 6.54 Å². The zero-order chi connectivity index (χ0) is 6.81. The van der Waals surface area contributed by atoms with Gasteiger partial charge in [-0.1, -0.05) is 6.08 Å². The average Bonchev–Trinajstić information content (AvgIpc) is 2.05. The Balaban J connectivity index is 2.20. The Kier molecular flexibility index (Phi) is 1.46. The van der Waals surface area contributed by atoms with E-state index in [0.717, 1.165) is 6.54 Å². The summed E-state index contributed by atoms with van der Waals surface area (Å²) in [5.74, 6) is 0. The van der Waals surface area contributed by atoms with Crippen LogP contribution in [-0.2, 0) is 0 Å². The van der Waals surface area contributed by atoms with E-state index in [1.807, 2.05) is 6.21 Å². The van der Waals surface area contributed by atoms with Gasteiger partial charge >= 0.3 is 0 Å². The van der Waals surface area contributed by atoms with E-state index in [0.29, 0.717) is 6.04 Å². The second-order valence-corrected chi connectivity index (χ2v) is 2.82. The molecule has 1 heterocycles. The molecule has 10 heavy (non-hydrogen) atoms. The van der Waals surface area contributed by atoms with E-state index in [4.69, 9.17) is 0 Å². The smallest absolute Gasteiger partial charge is 0.0888 e. The highest BCUT2D eigenvalue weighted by molar-refractivity contribution is 5.62. The van der Waals surface area contributed by atoms with E-state index in [1.54, 1.807) is 0 Å². The van der Waals surface area contributed by atoms with Gasteiger partial charge in [0, 0.05) is 18.5 Å². The largest absolute Gasteiger partial charge is 0.382 e. The van der Waals surface area contributed by atoms with E-state index >= 15 is 0 Å². The van der Waals surface area contributed by atoms with Crippen LogP contribution in [0.1, 0.15) is 19.3 Å². The van der Waals surface area contributed by atoms with Gasteiger partial charge in [-0.05, 0) is 19.3 Å². The van der Waals surface area contributed by atoms with Gasteiger partial charge in [-0.15, -0.1) is 0 Å². The minimum Gasteiger partial charge on any atom is -0.382 e. The predicted molar refractivity (Wildman–Crippen MR) is 42.2 cm³/mol. The molecule has 0 aromatic carbocycles. The highest BCUT2D eigenvalue weighted by Gasteiger charge is 2.17. The first kappa shape index (κ1) is 5.96. The molecule has 1 aliphatic carbocycles. The molecule has 1 unspecified atom stereocenters. The van der Waals surface area contributed by atoms with Crippen LogP contribution in [0, 0.1) is 0 Å². The third kappa shape index (κ3) is 0.939. The molecule has 0 spiro atoms. The number of rotatable bonds is 0. The zero-order valence-corrected chi connectivity index (χ0v) is 6.01. The van der Waals surface area contributed by atoms with E-state index in [9.17, 15) is 0 Å². The van der Waals surface area contributed by atoms with Crippen molar-refractivity contribution in [2.24, 2.45) is 4.99 Å². The Morgan fingerprint density at radius 2 is 2.60 bits per heavy atom. The first-order valence-electron chi connectivity index (χ1n) is 3.92. The normalized spacial score (nSPS) is 30.4. The summed E-state index contributed by atoms with van der Waals surface area (Å²) in [4.78, 5) is 4.40. The third-order valence-corrected chi connectivity index (χ3v) is 2.09. The van der Waals surface area contributed by atoms with Gasteiger partial charge in [-0.2, -0.15) is 0 Å². The summed E-state index contributed by atoms with van der Waals surface area (Å²) in [5.41, 5.74) is 1.36. The molecular weight excluding hydrogens is 124 g/mol. The second kappa shape index (κ2) is 2.45. The molecule has 0 amide bonds. The van der Waals surface area contributed by atoms with Crippen molar-refractivity contribution < 1.29 is 0 Å². The van der Waals surface area contributed by atoms with Crippen LogP contribution in [0.4, 0.5) is 0 Å². The molecule has 2 aliphatic rings. The Morgan fingerprint density at radius 3 is 3.50 bits per heavy atom. The van der Waals surface area contributed by atoms with Crippen LogP contribution in [0.5, 0.6) is 0 Å². The van der Waals surface area contributed by atoms with Gasteiger partial charge < -0.3 is 5.32 Å². The second-order valence-electron chi connectivity index (χ2n) is 2.82. The maximum absolute atomic E-state index is 4.40. The van der Waals surface area contributed by atoms with Gasteiger partial charge in [0.25, 0.3) is 0 Å². The van der Waals surface area contributed by atoms with Crippen molar-refractivity contribution in [3.8, 4) is 0 Å². The molecule has 0 bridgehead atoms. The maximum Gasteiger partial charge on any atom is 0.0888 e. The lowest BCUT2D eigenvalue weighted by molar-refractivity contribution is 0.570. The highest BCUT2D eigenvalue weighted by Crippen LogP contribution is 2.20. The monoisotopic (exact) mass is 136 g/mol. The van der Waals surface area contributed by atoms with Crippen LogP contribution >= 0.6 is 0 Å². The summed E-state index contributed by atoms with van der Waals surface area (Å²) in [6.07, 6.45) is 8.02. The molecule has 0 saturated carbocycles. The fourth-order valence-corrected chi connectivity index (χ4v) is 1.55. The molecular formula is C8H12N2. The maximum atomic E-state index is 4.40. The Bertz CT molecular complexity index is 182. The van der Waals surface area contributed by atoms with Crippen molar-refractivity contribution >= 4 is 6.21 Å². The lowest BCUT2D eigenvalue weighted by Crippen LogP contribution is -2.31. The summed E-state index contributed by atoms with van der Waals surface area (Å²) < 4.78 is 0. The summed E-state index contributed by atoms with van der Waals surface area (Å²) in [6.45, 7) is 0.919. The van der Waals surface area contributed by atoms with Gasteiger partial charge in [0.15, 0.2) is 0 Å². The molecule has 2 rings (SSSR count). The fraction of sp³-hybridized carbons (Fsp3) is 0.625. The summed E-state index contributed by atoms with van der Waals surface area (Å²) in [5, 5.41) is 3.33. The summed E-state index contributed by atoms with van der Waals surface area (Å²) in [7, 11) is 0. The Morgan fingerprint density at radius 1 is 1.60 bits per heavy atom. The number of allylic oxidation sites excluding steroid dienone is 1. The molecule has 2 heteroatoms. The van der Waals surface area contributed by atoms with Crippen LogP contribution in [-0.4, -0.2) is 18.8 Å². The SMILES string of the molecule is C1=NC2CCCC=C2NC1. The van der Waals surface area contributed by atoms with Crippen molar-refractivity contribution in [1.29, 1.82) is 0 Å². The van der Waals surface area contributed by atoms with Crippen molar-refractivity contribution in [3.05, 3.63) is 11.8 Å². The molecule has 54 valence electrons. The molecule has 1 N–H and O–H groups in total. The molecule has 2 nitrogen and oxygen atoms in total. The molecule has 0 fully saturated rings. The minimum atomic E-state index is 0.475. The molecule has 0 radical (unpaired) electrons. The van der Waals surface area contributed by atoms with E-state index in [-0.39, 0.29) is 0 Å². The quantitative estimate of drug-likeness (QED) is 0.529. The predicted octanol–water partition coefficient (Wildman–Crippen LogP) is 1.10. The van der Waals surface area contributed by atoms with Gasteiger partial charge in [-0.3, -0.25) is 4.99 Å². The fourth-order valence-electron chi connectivity index (χ4n) is 1.55. The number of nitrogens with one attached hydrogen (secondary N) is 1. The molecule has 0 aromatic rings. The van der Waals surface area contributed by atoms with Crippen molar-refractivity contribution in [3.63, 3.8) is 0 Å². The number of fused-ring (bicyclic) bond motifs is 1. The van der Waals surface area contributed by atoms with Crippen LogP contribution < -0.4 is 5.32 Å². The molecule has 1 atom stereocenters. The van der Waals surface area contributed by atoms with Gasteiger partial charge in [0.2, 0.25) is 0 Å². The minimum absolute atomic E-state index is 0.475. The van der Waals surface area contributed by atoms with Crippen LogP contribution in [0.3, 0.4) is 0 Å². The molecule has 0 aromatic heterocycles. The zero-order valence-electron chi connectivity index (χ0n) is 6.01. The van der Waals surface area contributed by atoms with Gasteiger partial charge in [0.05, 0.1) is 6.04 Å². The summed E-state index contributed by atoms with van der Waals surface area (Å²) >= 11 is 0. The van der Waals surface area contributed by atoms with Crippen LogP contribution in [0.15, 0.2) is 16.8 Å². The third-order valence-electron chi connectivity index (χ3n) is 2.09. The topological polar surface area (TPSA) is 24.4 Å².